The van der Waals surface area contributed by atoms with E-state index in [-0.39, 0.29) is 23.5 Å². The van der Waals surface area contributed by atoms with Crippen LogP contribution in [0.3, 0.4) is 0 Å². The van der Waals surface area contributed by atoms with Crippen LogP contribution in [0.25, 0.3) is 22.4 Å². The molecule has 1 heterocycles. The fraction of sp³-hybridized carbons (Fsp3) is 0.200. The molecule has 0 fully saturated rings. The van der Waals surface area contributed by atoms with Gasteiger partial charge in [0.05, 0.1) is 5.56 Å². The van der Waals surface area contributed by atoms with Gasteiger partial charge in [0.1, 0.15) is 23.4 Å². The Morgan fingerprint density at radius 1 is 0.829 bits per heavy atom. The molecule has 1 unspecified atom stereocenters. The molecular formula is C30H28O5. The molecule has 0 amide bonds. The van der Waals surface area contributed by atoms with Gasteiger partial charge in [0.25, 0.3) is 0 Å². The first-order chi connectivity index (χ1) is 16.8. The van der Waals surface area contributed by atoms with Gasteiger partial charge in [0.2, 0.25) is 5.75 Å². The molecule has 1 atom stereocenters. The van der Waals surface area contributed by atoms with Crippen LogP contribution >= 0.6 is 0 Å². The third-order valence-electron chi connectivity index (χ3n) is 6.30. The van der Waals surface area contributed by atoms with E-state index in [1.165, 1.54) is 0 Å². The van der Waals surface area contributed by atoms with Gasteiger partial charge < -0.3 is 24.8 Å². The van der Waals surface area contributed by atoms with Crippen molar-refractivity contribution in [2.75, 3.05) is 0 Å². The van der Waals surface area contributed by atoms with Crippen LogP contribution in [-0.2, 0) is 6.42 Å². The monoisotopic (exact) mass is 468 g/mol. The average Bonchev–Trinajstić information content (AvgIpc) is 2.85. The molecular weight excluding hydrogens is 440 g/mol. The van der Waals surface area contributed by atoms with E-state index in [1.807, 2.05) is 81.4 Å². The molecule has 0 aliphatic carbocycles. The maximum Gasteiger partial charge on any atom is 0.201 e. The van der Waals surface area contributed by atoms with Gasteiger partial charge in [-0.1, -0.05) is 56.3 Å². The van der Waals surface area contributed by atoms with Gasteiger partial charge in [-0.05, 0) is 65.9 Å². The zero-order chi connectivity index (χ0) is 24.7. The van der Waals surface area contributed by atoms with Crippen LogP contribution in [-0.4, -0.2) is 21.4 Å². The molecule has 0 radical (unpaired) electrons. The van der Waals surface area contributed by atoms with Gasteiger partial charge in [-0.15, -0.1) is 0 Å². The van der Waals surface area contributed by atoms with E-state index in [4.69, 9.17) is 9.47 Å². The highest BCUT2D eigenvalue weighted by atomic mass is 16.5. The second-order valence-corrected chi connectivity index (χ2v) is 9.36. The van der Waals surface area contributed by atoms with Gasteiger partial charge in [-0.2, -0.15) is 0 Å². The quantitative estimate of drug-likeness (QED) is 0.269. The first kappa shape index (κ1) is 22.7. The minimum absolute atomic E-state index is 0.230. The smallest absolute Gasteiger partial charge is 0.201 e. The Morgan fingerprint density at radius 3 is 2.23 bits per heavy atom. The average molecular weight is 469 g/mol. The fourth-order valence-electron chi connectivity index (χ4n) is 4.54. The number of hydrogen-bond acceptors (Lipinski definition) is 5. The number of rotatable bonds is 5. The number of phenols is 3. The van der Waals surface area contributed by atoms with Crippen LogP contribution in [0.2, 0.25) is 0 Å². The molecule has 1 aliphatic rings. The first-order valence-electron chi connectivity index (χ1n) is 11.8. The maximum absolute atomic E-state index is 10.6. The van der Waals surface area contributed by atoms with Crippen LogP contribution in [0, 0.1) is 5.92 Å². The molecule has 35 heavy (non-hydrogen) atoms. The molecule has 1 aliphatic heterocycles. The van der Waals surface area contributed by atoms with E-state index >= 15 is 0 Å². The lowest BCUT2D eigenvalue weighted by Gasteiger charge is -2.28. The van der Waals surface area contributed by atoms with Crippen LogP contribution < -0.4 is 9.47 Å². The molecule has 0 aromatic heterocycles. The second kappa shape index (κ2) is 8.91. The Balaban J connectivity index is 1.46. The molecule has 4 aromatic rings. The van der Waals surface area contributed by atoms with Crippen molar-refractivity contribution in [2.24, 2.45) is 5.92 Å². The Labute approximate surface area is 204 Å². The summed E-state index contributed by atoms with van der Waals surface area (Å²) in [5.74, 6) is 0.885. The van der Waals surface area contributed by atoms with Gasteiger partial charge in [-0.3, -0.25) is 0 Å². The fourth-order valence-corrected chi connectivity index (χ4v) is 4.54. The first-order valence-corrected chi connectivity index (χ1v) is 11.8. The largest absolute Gasteiger partial charge is 0.504 e. The Morgan fingerprint density at radius 2 is 1.51 bits per heavy atom. The summed E-state index contributed by atoms with van der Waals surface area (Å²) in [6, 6.07) is 21.8. The number of fused-ring (bicyclic) bond motifs is 2. The summed E-state index contributed by atoms with van der Waals surface area (Å²) in [6.07, 6.45) is 2.02. The van der Waals surface area contributed by atoms with Gasteiger partial charge in [0, 0.05) is 11.1 Å². The second-order valence-electron chi connectivity index (χ2n) is 9.36. The molecule has 0 saturated carbocycles. The summed E-state index contributed by atoms with van der Waals surface area (Å²) < 4.78 is 12.2. The number of hydrogen-bond donors (Lipinski definition) is 3. The summed E-state index contributed by atoms with van der Waals surface area (Å²) in [5.41, 5.74) is 2.64. The SMILES string of the molecule is CC(C)Cc1c(O)c(O)c(O)c2c1OC(C)C(c1ccc(Oc3ccc4ccccc4c3)cc1)=C2. The lowest BCUT2D eigenvalue weighted by atomic mass is 9.91. The molecule has 5 heteroatoms. The third-order valence-corrected chi connectivity index (χ3v) is 6.30. The Hall–Kier alpha value is -4.12. The van der Waals surface area contributed by atoms with E-state index in [2.05, 4.69) is 12.1 Å². The zero-order valence-corrected chi connectivity index (χ0v) is 19.9. The van der Waals surface area contributed by atoms with Crippen LogP contribution in [0.4, 0.5) is 0 Å². The van der Waals surface area contributed by atoms with Crippen molar-refractivity contribution < 1.29 is 24.8 Å². The Kier molecular flexibility index (Phi) is 5.77. The lowest BCUT2D eigenvalue weighted by molar-refractivity contribution is 0.264. The van der Waals surface area contributed by atoms with Crippen molar-refractivity contribution in [2.45, 2.75) is 33.3 Å². The maximum atomic E-state index is 10.6. The summed E-state index contributed by atoms with van der Waals surface area (Å²) in [7, 11) is 0. The predicted octanol–water partition coefficient (Wildman–Crippen LogP) is 7.27. The van der Waals surface area contributed by atoms with Crippen molar-refractivity contribution in [3.63, 3.8) is 0 Å². The van der Waals surface area contributed by atoms with E-state index in [9.17, 15) is 15.3 Å². The normalized spacial score (nSPS) is 15.0. The van der Waals surface area contributed by atoms with Crippen molar-refractivity contribution in [3.05, 3.63) is 83.4 Å². The number of aromatic hydroxyl groups is 3. The molecule has 4 aromatic carbocycles. The van der Waals surface area contributed by atoms with Gasteiger partial charge in [-0.25, -0.2) is 0 Å². The lowest BCUT2D eigenvalue weighted by Crippen LogP contribution is -2.19. The van der Waals surface area contributed by atoms with Crippen LogP contribution in [0.1, 0.15) is 37.5 Å². The van der Waals surface area contributed by atoms with Crippen molar-refractivity contribution in [1.82, 2.24) is 0 Å². The molecule has 5 rings (SSSR count). The van der Waals surface area contributed by atoms with E-state index < -0.39 is 5.75 Å². The minimum atomic E-state index is -0.521. The van der Waals surface area contributed by atoms with E-state index in [0.717, 1.165) is 27.7 Å². The van der Waals surface area contributed by atoms with Crippen LogP contribution in [0.15, 0.2) is 66.7 Å². The molecule has 0 bridgehead atoms. The standard InChI is InChI=1S/C30H28O5/c1-17(2)14-25-27(31)29(33)28(32)26-16-24(18(3)34-30(25)26)20-9-11-22(12-10-20)35-23-13-8-19-6-4-5-7-21(19)15-23/h4-13,15-18,31-33H,14H2,1-3H3. The minimum Gasteiger partial charge on any atom is -0.504 e. The number of phenolic OH excluding ortho intramolecular Hbond substituents is 3. The molecule has 178 valence electrons. The third kappa shape index (κ3) is 4.26. The van der Waals surface area contributed by atoms with E-state index in [0.29, 0.717) is 29.0 Å². The topological polar surface area (TPSA) is 79.2 Å². The summed E-state index contributed by atoms with van der Waals surface area (Å²) in [4.78, 5) is 0. The van der Waals surface area contributed by atoms with Crippen LogP contribution in [0.5, 0.6) is 34.5 Å². The highest BCUT2D eigenvalue weighted by molar-refractivity contribution is 5.91. The molecule has 3 N–H and O–H groups in total. The molecule has 0 spiro atoms. The summed E-state index contributed by atoms with van der Waals surface area (Å²) >= 11 is 0. The van der Waals surface area contributed by atoms with Crippen molar-refractivity contribution in [1.29, 1.82) is 0 Å². The number of ether oxygens (including phenoxy) is 2. The Bertz CT molecular complexity index is 1430. The highest BCUT2D eigenvalue weighted by Gasteiger charge is 2.30. The highest BCUT2D eigenvalue weighted by Crippen LogP contribution is 2.51. The zero-order valence-electron chi connectivity index (χ0n) is 19.9. The predicted molar refractivity (Wildman–Crippen MR) is 138 cm³/mol. The summed E-state index contributed by atoms with van der Waals surface area (Å²) in [5, 5.41) is 33.6. The van der Waals surface area contributed by atoms with Crippen molar-refractivity contribution >= 4 is 22.4 Å². The van der Waals surface area contributed by atoms with Gasteiger partial charge in [0.15, 0.2) is 11.5 Å². The van der Waals surface area contributed by atoms with Crippen molar-refractivity contribution in [3.8, 4) is 34.5 Å². The van der Waals surface area contributed by atoms with Gasteiger partial charge >= 0.3 is 0 Å². The molecule has 5 nitrogen and oxygen atoms in total. The molecule has 0 saturated heterocycles. The number of benzene rings is 4. The summed E-state index contributed by atoms with van der Waals surface area (Å²) in [6.45, 7) is 5.96. The van der Waals surface area contributed by atoms with E-state index in [1.54, 1.807) is 0 Å².